The summed E-state index contributed by atoms with van der Waals surface area (Å²) in [6.07, 6.45) is -0.673. The summed E-state index contributed by atoms with van der Waals surface area (Å²) in [7, 11) is 0. The van der Waals surface area contributed by atoms with Crippen molar-refractivity contribution in [1.82, 2.24) is 4.90 Å². The van der Waals surface area contributed by atoms with Crippen molar-refractivity contribution in [3.8, 4) is 0 Å². The fourth-order valence-electron chi connectivity index (χ4n) is 2.08. The van der Waals surface area contributed by atoms with Crippen LogP contribution in [0.1, 0.15) is 6.42 Å². The van der Waals surface area contributed by atoms with Gasteiger partial charge in [0.25, 0.3) is 0 Å². The van der Waals surface area contributed by atoms with Crippen LogP contribution in [0.15, 0.2) is 29.2 Å². The number of rotatable bonds is 4. The van der Waals surface area contributed by atoms with Crippen molar-refractivity contribution in [3.63, 3.8) is 0 Å². The lowest BCUT2D eigenvalue weighted by molar-refractivity contribution is -0.147. The minimum Gasteiger partial charge on any atom is -0.480 e. The second-order valence-corrected chi connectivity index (χ2v) is 6.02. The van der Waals surface area contributed by atoms with Gasteiger partial charge in [0.15, 0.2) is 0 Å². The quantitative estimate of drug-likeness (QED) is 0.823. The molecule has 1 aliphatic rings. The molecule has 108 valence electrons. The van der Waals surface area contributed by atoms with Crippen LogP contribution in [-0.2, 0) is 9.59 Å². The number of hydrogen-bond acceptors (Lipinski definition) is 4. The van der Waals surface area contributed by atoms with E-state index in [1.54, 1.807) is 24.3 Å². The van der Waals surface area contributed by atoms with E-state index in [9.17, 15) is 14.7 Å². The number of nitrogens with zero attached hydrogens (tertiary/aromatic N) is 1. The third-order valence-electron chi connectivity index (χ3n) is 3.06. The Morgan fingerprint density at radius 2 is 2.00 bits per heavy atom. The van der Waals surface area contributed by atoms with Crippen molar-refractivity contribution >= 4 is 35.2 Å². The van der Waals surface area contributed by atoms with Crippen molar-refractivity contribution in [2.24, 2.45) is 0 Å². The number of β-amino-alcohol motifs (C(OH)–C–C–N with tert-alkyl or cyclic N) is 1. The summed E-state index contributed by atoms with van der Waals surface area (Å²) in [4.78, 5) is 25.2. The van der Waals surface area contributed by atoms with Crippen LogP contribution >= 0.6 is 23.4 Å². The Kier molecular flexibility index (Phi) is 4.91. The van der Waals surface area contributed by atoms with Crippen molar-refractivity contribution in [2.75, 3.05) is 12.3 Å². The minimum absolute atomic E-state index is 0.0803. The molecule has 2 atom stereocenters. The minimum atomic E-state index is -1.08. The van der Waals surface area contributed by atoms with E-state index in [1.807, 2.05) is 0 Å². The summed E-state index contributed by atoms with van der Waals surface area (Å²) in [6, 6.07) is 6.13. The molecule has 1 fully saturated rings. The molecule has 1 unspecified atom stereocenters. The second-order valence-electron chi connectivity index (χ2n) is 4.53. The first-order chi connectivity index (χ1) is 9.47. The number of hydrogen-bond donors (Lipinski definition) is 2. The molecule has 2 rings (SSSR count). The first-order valence-electron chi connectivity index (χ1n) is 6.06. The number of carbonyl (C=O) groups is 2. The fourth-order valence-corrected chi connectivity index (χ4v) is 2.99. The van der Waals surface area contributed by atoms with Crippen LogP contribution in [0.5, 0.6) is 0 Å². The van der Waals surface area contributed by atoms with Crippen LogP contribution in [0.2, 0.25) is 5.02 Å². The third kappa shape index (κ3) is 3.65. The van der Waals surface area contributed by atoms with Crippen LogP contribution in [0, 0.1) is 0 Å². The number of halogens is 1. The van der Waals surface area contributed by atoms with Gasteiger partial charge in [0.1, 0.15) is 6.04 Å². The molecule has 0 spiro atoms. The van der Waals surface area contributed by atoms with Gasteiger partial charge >= 0.3 is 5.97 Å². The molecule has 1 aromatic carbocycles. The zero-order chi connectivity index (χ0) is 14.7. The topological polar surface area (TPSA) is 77.8 Å². The molecule has 1 amide bonds. The molecule has 2 N–H and O–H groups in total. The number of carboxylic acid groups (broad SMARTS) is 1. The Bertz CT molecular complexity index is 508. The Morgan fingerprint density at radius 3 is 2.60 bits per heavy atom. The number of benzene rings is 1. The van der Waals surface area contributed by atoms with E-state index in [0.29, 0.717) is 5.02 Å². The molecule has 1 aromatic rings. The fraction of sp³-hybridized carbons (Fsp3) is 0.385. The van der Waals surface area contributed by atoms with Crippen LogP contribution in [-0.4, -0.2) is 51.4 Å². The predicted molar refractivity (Wildman–Crippen MR) is 75.9 cm³/mol. The number of aliphatic carboxylic acids is 1. The van der Waals surface area contributed by atoms with E-state index in [1.165, 1.54) is 16.7 Å². The average Bonchev–Trinajstić information content (AvgIpc) is 2.80. The zero-order valence-electron chi connectivity index (χ0n) is 10.5. The average molecular weight is 316 g/mol. The largest absolute Gasteiger partial charge is 0.480 e. The van der Waals surface area contributed by atoms with Gasteiger partial charge in [-0.25, -0.2) is 4.79 Å². The zero-order valence-corrected chi connectivity index (χ0v) is 12.1. The maximum Gasteiger partial charge on any atom is 0.326 e. The summed E-state index contributed by atoms with van der Waals surface area (Å²) in [5, 5.41) is 19.2. The van der Waals surface area contributed by atoms with Crippen LogP contribution in [0.25, 0.3) is 0 Å². The van der Waals surface area contributed by atoms with Crippen molar-refractivity contribution in [1.29, 1.82) is 0 Å². The van der Waals surface area contributed by atoms with Gasteiger partial charge in [-0.3, -0.25) is 4.79 Å². The molecule has 20 heavy (non-hydrogen) atoms. The van der Waals surface area contributed by atoms with E-state index < -0.39 is 18.1 Å². The van der Waals surface area contributed by atoms with E-state index in [4.69, 9.17) is 16.7 Å². The van der Waals surface area contributed by atoms with Gasteiger partial charge in [-0.05, 0) is 24.3 Å². The molecular formula is C13H14ClNO4S. The molecular weight excluding hydrogens is 302 g/mol. The molecule has 1 saturated heterocycles. The molecule has 0 radical (unpaired) electrons. The Hall–Kier alpha value is -1.24. The highest BCUT2D eigenvalue weighted by atomic mass is 35.5. The highest BCUT2D eigenvalue weighted by Crippen LogP contribution is 2.23. The molecule has 5 nitrogen and oxygen atoms in total. The maximum atomic E-state index is 12.1. The van der Waals surface area contributed by atoms with Crippen molar-refractivity contribution in [2.45, 2.75) is 23.5 Å². The van der Waals surface area contributed by atoms with Gasteiger partial charge in [0.2, 0.25) is 5.91 Å². The van der Waals surface area contributed by atoms with Gasteiger partial charge in [0.05, 0.1) is 11.9 Å². The molecule has 0 saturated carbocycles. The third-order valence-corrected chi connectivity index (χ3v) is 4.31. The summed E-state index contributed by atoms with van der Waals surface area (Å²) < 4.78 is 0. The monoisotopic (exact) mass is 315 g/mol. The number of thioether (sulfide) groups is 1. The molecule has 1 heterocycles. The number of aliphatic hydroxyl groups is 1. The molecule has 0 aromatic heterocycles. The van der Waals surface area contributed by atoms with E-state index in [2.05, 4.69) is 0 Å². The number of aliphatic hydroxyl groups excluding tert-OH is 1. The van der Waals surface area contributed by atoms with Gasteiger partial charge < -0.3 is 15.1 Å². The first-order valence-corrected chi connectivity index (χ1v) is 7.42. The molecule has 0 aliphatic carbocycles. The van der Waals surface area contributed by atoms with E-state index in [-0.39, 0.29) is 24.6 Å². The lowest BCUT2D eigenvalue weighted by Gasteiger charge is -2.20. The molecule has 0 bridgehead atoms. The van der Waals surface area contributed by atoms with Gasteiger partial charge in [-0.2, -0.15) is 0 Å². The predicted octanol–water partition coefficient (Wildman–Crippen LogP) is 1.48. The number of likely N-dealkylation sites (tertiary alicyclic amines) is 1. The highest BCUT2D eigenvalue weighted by Gasteiger charge is 2.38. The number of amides is 1. The Morgan fingerprint density at radius 1 is 1.35 bits per heavy atom. The smallest absolute Gasteiger partial charge is 0.326 e. The normalized spacial score (nSPS) is 22.0. The number of carbonyl (C=O) groups excluding carboxylic acids is 1. The second kappa shape index (κ2) is 6.47. The highest BCUT2D eigenvalue weighted by molar-refractivity contribution is 8.00. The standard InChI is InChI=1S/C13H14ClNO4S/c14-8-1-3-10(4-2-8)20-7-12(17)15-6-9(16)5-11(15)13(18)19/h1-4,9,11,16H,5-7H2,(H,18,19)/t9?,11-/m0/s1. The number of carboxylic acids is 1. The Labute approximate surface area is 125 Å². The summed E-state index contributed by atoms with van der Waals surface area (Å²) in [5.74, 6) is -1.22. The van der Waals surface area contributed by atoms with Gasteiger partial charge in [-0.1, -0.05) is 11.6 Å². The molecule has 1 aliphatic heterocycles. The molecule has 7 heteroatoms. The SMILES string of the molecule is O=C(O)[C@@H]1CC(O)CN1C(=O)CSc1ccc(Cl)cc1. The van der Waals surface area contributed by atoms with Crippen LogP contribution < -0.4 is 0 Å². The lowest BCUT2D eigenvalue weighted by atomic mass is 10.2. The maximum absolute atomic E-state index is 12.1. The van der Waals surface area contributed by atoms with Crippen molar-refractivity contribution < 1.29 is 19.8 Å². The van der Waals surface area contributed by atoms with Gasteiger partial charge in [0, 0.05) is 22.9 Å². The van der Waals surface area contributed by atoms with Crippen molar-refractivity contribution in [3.05, 3.63) is 29.3 Å². The van der Waals surface area contributed by atoms with E-state index >= 15 is 0 Å². The summed E-state index contributed by atoms with van der Waals surface area (Å²) in [6.45, 7) is 0.0803. The first kappa shape index (κ1) is 15.2. The lowest BCUT2D eigenvalue weighted by Crippen LogP contribution is -2.41. The van der Waals surface area contributed by atoms with Crippen LogP contribution in [0.3, 0.4) is 0 Å². The summed E-state index contributed by atoms with van der Waals surface area (Å²) >= 11 is 7.09. The Balaban J connectivity index is 1.94. The summed E-state index contributed by atoms with van der Waals surface area (Å²) in [5.41, 5.74) is 0. The van der Waals surface area contributed by atoms with Gasteiger partial charge in [-0.15, -0.1) is 11.8 Å². The van der Waals surface area contributed by atoms with Crippen LogP contribution in [0.4, 0.5) is 0 Å². The van der Waals surface area contributed by atoms with E-state index in [0.717, 1.165) is 4.90 Å².